The van der Waals surface area contributed by atoms with E-state index in [1.807, 2.05) is 0 Å². The van der Waals surface area contributed by atoms with Gasteiger partial charge >= 0.3 is 0 Å². The molecule has 2 heteroatoms. The SMILES string of the molecule is CCCCCCCCCCCCN(C)CCBr. The summed E-state index contributed by atoms with van der Waals surface area (Å²) in [4.78, 5) is 2.42. The smallest absolute Gasteiger partial charge is 0.0159 e. The average molecular weight is 306 g/mol. The molecule has 0 aliphatic carbocycles. The van der Waals surface area contributed by atoms with Gasteiger partial charge in [-0.25, -0.2) is 0 Å². The lowest BCUT2D eigenvalue weighted by Gasteiger charge is -2.14. The van der Waals surface area contributed by atoms with Crippen LogP contribution in [-0.4, -0.2) is 30.4 Å². The molecule has 0 aromatic rings. The molecule has 17 heavy (non-hydrogen) atoms. The molecule has 0 spiro atoms. The highest BCUT2D eigenvalue weighted by Gasteiger charge is 1.96. The predicted molar refractivity (Wildman–Crippen MR) is 83.1 cm³/mol. The van der Waals surface area contributed by atoms with Crippen LogP contribution in [0.3, 0.4) is 0 Å². The van der Waals surface area contributed by atoms with Gasteiger partial charge in [0.1, 0.15) is 0 Å². The van der Waals surface area contributed by atoms with E-state index >= 15 is 0 Å². The van der Waals surface area contributed by atoms with Crippen molar-refractivity contribution >= 4 is 15.9 Å². The van der Waals surface area contributed by atoms with Gasteiger partial charge in [0.2, 0.25) is 0 Å². The number of hydrogen-bond acceptors (Lipinski definition) is 1. The summed E-state index contributed by atoms with van der Waals surface area (Å²) in [6, 6.07) is 0. The average Bonchev–Trinajstić information content (AvgIpc) is 2.32. The maximum Gasteiger partial charge on any atom is 0.0159 e. The van der Waals surface area contributed by atoms with E-state index in [0.717, 1.165) is 5.33 Å². The van der Waals surface area contributed by atoms with Gasteiger partial charge in [-0.2, -0.15) is 0 Å². The van der Waals surface area contributed by atoms with Crippen LogP contribution in [-0.2, 0) is 0 Å². The van der Waals surface area contributed by atoms with Crippen LogP contribution in [0, 0.1) is 0 Å². The van der Waals surface area contributed by atoms with Crippen molar-refractivity contribution in [3.05, 3.63) is 0 Å². The first-order valence-corrected chi connectivity index (χ1v) is 8.68. The van der Waals surface area contributed by atoms with Crippen molar-refractivity contribution in [2.45, 2.75) is 71.1 Å². The number of unbranched alkanes of at least 4 members (excludes halogenated alkanes) is 9. The molecule has 0 unspecified atom stereocenters. The van der Waals surface area contributed by atoms with Gasteiger partial charge in [0.15, 0.2) is 0 Å². The highest BCUT2D eigenvalue weighted by Crippen LogP contribution is 2.10. The number of halogens is 1. The summed E-state index contributed by atoms with van der Waals surface area (Å²) in [5.41, 5.74) is 0. The molecule has 0 atom stereocenters. The molecular weight excluding hydrogens is 274 g/mol. The normalized spacial score (nSPS) is 11.3. The highest BCUT2D eigenvalue weighted by atomic mass is 79.9. The molecule has 0 amide bonds. The third-order valence-electron chi connectivity index (χ3n) is 3.36. The van der Waals surface area contributed by atoms with Gasteiger partial charge in [-0.15, -0.1) is 0 Å². The standard InChI is InChI=1S/C15H32BrN/c1-3-4-5-6-7-8-9-10-11-12-14-17(2)15-13-16/h3-15H2,1-2H3. The van der Waals surface area contributed by atoms with Gasteiger partial charge in [0, 0.05) is 11.9 Å². The van der Waals surface area contributed by atoms with Crippen LogP contribution >= 0.6 is 15.9 Å². The molecule has 0 radical (unpaired) electrons. The quantitative estimate of drug-likeness (QED) is 0.332. The van der Waals surface area contributed by atoms with Crippen molar-refractivity contribution < 1.29 is 0 Å². The molecule has 0 rings (SSSR count). The number of nitrogens with zero attached hydrogens (tertiary/aromatic N) is 1. The van der Waals surface area contributed by atoms with Crippen LogP contribution in [0.4, 0.5) is 0 Å². The minimum Gasteiger partial charge on any atom is -0.306 e. The third kappa shape index (κ3) is 14.4. The summed E-state index contributed by atoms with van der Waals surface area (Å²) in [7, 11) is 2.22. The van der Waals surface area contributed by atoms with Crippen LogP contribution < -0.4 is 0 Å². The molecule has 0 aliphatic rings. The zero-order valence-electron chi connectivity index (χ0n) is 12.0. The minimum atomic E-state index is 1.10. The molecular formula is C15H32BrN. The summed E-state index contributed by atoms with van der Waals surface area (Å²) < 4.78 is 0. The van der Waals surface area contributed by atoms with Crippen molar-refractivity contribution in [3.63, 3.8) is 0 Å². The second-order valence-electron chi connectivity index (χ2n) is 5.17. The molecule has 0 aliphatic heterocycles. The van der Waals surface area contributed by atoms with Crippen LogP contribution in [0.25, 0.3) is 0 Å². The first-order chi connectivity index (χ1) is 8.31. The zero-order valence-corrected chi connectivity index (χ0v) is 13.6. The molecule has 0 saturated carbocycles. The van der Waals surface area contributed by atoms with Crippen molar-refractivity contribution in [1.29, 1.82) is 0 Å². The molecule has 1 nitrogen and oxygen atoms in total. The molecule has 0 saturated heterocycles. The summed E-state index contributed by atoms with van der Waals surface area (Å²) >= 11 is 3.48. The van der Waals surface area contributed by atoms with Crippen LogP contribution in [0.1, 0.15) is 71.1 Å². The fraction of sp³-hybridized carbons (Fsp3) is 1.00. The van der Waals surface area contributed by atoms with Gasteiger partial charge in [-0.1, -0.05) is 80.6 Å². The van der Waals surface area contributed by atoms with Crippen molar-refractivity contribution in [2.24, 2.45) is 0 Å². The Morgan fingerprint density at radius 3 is 1.65 bits per heavy atom. The van der Waals surface area contributed by atoms with Gasteiger partial charge in [-0.3, -0.25) is 0 Å². The maximum atomic E-state index is 3.48. The Morgan fingerprint density at radius 1 is 0.706 bits per heavy atom. The Morgan fingerprint density at radius 2 is 1.18 bits per heavy atom. The molecule has 0 fully saturated rings. The molecule has 0 N–H and O–H groups in total. The Kier molecular flexibility index (Phi) is 14.9. The molecule has 0 aromatic heterocycles. The fourth-order valence-electron chi connectivity index (χ4n) is 2.13. The van der Waals surface area contributed by atoms with E-state index in [1.165, 1.54) is 77.3 Å². The Balaban J connectivity index is 2.98. The third-order valence-corrected chi connectivity index (χ3v) is 3.71. The first kappa shape index (κ1) is 17.4. The van der Waals surface area contributed by atoms with E-state index in [1.54, 1.807) is 0 Å². The van der Waals surface area contributed by atoms with Gasteiger partial charge in [0.25, 0.3) is 0 Å². The van der Waals surface area contributed by atoms with Crippen LogP contribution in [0.2, 0.25) is 0 Å². The number of rotatable bonds is 13. The summed E-state index contributed by atoms with van der Waals surface area (Å²) in [6.45, 7) is 4.73. The van der Waals surface area contributed by atoms with Crippen molar-refractivity contribution in [1.82, 2.24) is 4.90 Å². The molecule has 0 heterocycles. The van der Waals surface area contributed by atoms with E-state index < -0.39 is 0 Å². The van der Waals surface area contributed by atoms with Crippen molar-refractivity contribution in [3.8, 4) is 0 Å². The summed E-state index contributed by atoms with van der Waals surface area (Å²) in [5, 5.41) is 1.10. The van der Waals surface area contributed by atoms with Crippen LogP contribution in [0.5, 0.6) is 0 Å². The monoisotopic (exact) mass is 305 g/mol. The lowest BCUT2D eigenvalue weighted by molar-refractivity contribution is 0.344. The van der Waals surface area contributed by atoms with E-state index in [2.05, 4.69) is 34.8 Å². The van der Waals surface area contributed by atoms with Crippen molar-refractivity contribution in [2.75, 3.05) is 25.5 Å². The molecule has 0 bridgehead atoms. The van der Waals surface area contributed by atoms with E-state index in [0.29, 0.717) is 0 Å². The van der Waals surface area contributed by atoms with Gasteiger partial charge in [-0.05, 0) is 20.0 Å². The van der Waals surface area contributed by atoms with Gasteiger partial charge in [0.05, 0.1) is 0 Å². The molecule has 0 aromatic carbocycles. The second kappa shape index (κ2) is 14.5. The van der Waals surface area contributed by atoms with E-state index in [-0.39, 0.29) is 0 Å². The molecule has 104 valence electrons. The number of alkyl halides is 1. The Labute approximate surface area is 117 Å². The summed E-state index contributed by atoms with van der Waals surface area (Å²) in [5.74, 6) is 0. The topological polar surface area (TPSA) is 3.24 Å². The van der Waals surface area contributed by atoms with E-state index in [4.69, 9.17) is 0 Å². The Bertz CT molecular complexity index is 139. The first-order valence-electron chi connectivity index (χ1n) is 7.55. The zero-order chi connectivity index (χ0) is 12.8. The van der Waals surface area contributed by atoms with Gasteiger partial charge < -0.3 is 4.90 Å². The number of hydrogen-bond donors (Lipinski definition) is 0. The Hall–Kier alpha value is 0.440. The largest absolute Gasteiger partial charge is 0.306 e. The predicted octanol–water partition coefficient (Wildman–Crippen LogP) is 5.23. The van der Waals surface area contributed by atoms with E-state index in [9.17, 15) is 0 Å². The fourth-order valence-corrected chi connectivity index (χ4v) is 2.73. The second-order valence-corrected chi connectivity index (χ2v) is 5.97. The lowest BCUT2D eigenvalue weighted by Crippen LogP contribution is -2.21. The minimum absolute atomic E-state index is 1.10. The lowest BCUT2D eigenvalue weighted by atomic mass is 10.1. The van der Waals surface area contributed by atoms with Crippen LogP contribution in [0.15, 0.2) is 0 Å². The summed E-state index contributed by atoms with van der Waals surface area (Å²) in [6.07, 6.45) is 14.3. The maximum absolute atomic E-state index is 3.48. The highest BCUT2D eigenvalue weighted by molar-refractivity contribution is 9.09.